The van der Waals surface area contributed by atoms with E-state index < -0.39 is 0 Å². The van der Waals surface area contributed by atoms with E-state index in [2.05, 4.69) is 44.8 Å². The number of hydrogen-bond acceptors (Lipinski definition) is 2. The maximum Gasteiger partial charge on any atom is 0.0203 e. The van der Waals surface area contributed by atoms with Crippen molar-refractivity contribution in [3.8, 4) is 0 Å². The Balaban J connectivity index is 2.38. The smallest absolute Gasteiger partial charge is 0.0203 e. The molecule has 0 aromatic rings. The summed E-state index contributed by atoms with van der Waals surface area (Å²) in [6.07, 6.45) is 8.48. The quantitative estimate of drug-likeness (QED) is 0.686. The molecule has 108 valence electrons. The summed E-state index contributed by atoms with van der Waals surface area (Å²) in [6, 6.07) is 0.778. The van der Waals surface area contributed by atoms with E-state index >= 15 is 0 Å². The van der Waals surface area contributed by atoms with Crippen LogP contribution in [0.15, 0.2) is 0 Å². The first kappa shape index (κ1) is 16.4. The molecule has 18 heavy (non-hydrogen) atoms. The summed E-state index contributed by atoms with van der Waals surface area (Å²) < 4.78 is 0. The van der Waals surface area contributed by atoms with Gasteiger partial charge in [-0.1, -0.05) is 40.5 Å². The minimum absolute atomic E-state index is 0.778. The van der Waals surface area contributed by atoms with Crippen LogP contribution in [0.25, 0.3) is 0 Å². The topological polar surface area (TPSA) is 12.0 Å². The second-order valence-electron chi connectivity index (χ2n) is 6.22. The first-order valence-corrected chi connectivity index (χ1v) is 9.07. The Hall–Kier alpha value is 0.310. The summed E-state index contributed by atoms with van der Waals surface area (Å²) in [5, 5.41) is 4.58. The SMILES string of the molecule is CCCC1CCC(NCC)C(SCCC(C)C)C1. The van der Waals surface area contributed by atoms with Crippen LogP contribution in [0.1, 0.15) is 66.2 Å². The summed E-state index contributed by atoms with van der Waals surface area (Å²) in [6.45, 7) is 10.4. The molecule has 0 spiro atoms. The first-order chi connectivity index (χ1) is 8.67. The minimum Gasteiger partial charge on any atom is -0.313 e. The van der Waals surface area contributed by atoms with Gasteiger partial charge in [-0.05, 0) is 49.8 Å². The molecule has 1 rings (SSSR count). The molecule has 3 atom stereocenters. The van der Waals surface area contributed by atoms with Gasteiger partial charge in [-0.3, -0.25) is 0 Å². The molecule has 1 aliphatic rings. The van der Waals surface area contributed by atoms with Gasteiger partial charge in [0.1, 0.15) is 0 Å². The predicted molar refractivity (Wildman–Crippen MR) is 85.4 cm³/mol. The molecular formula is C16H33NS. The van der Waals surface area contributed by atoms with Gasteiger partial charge in [0.2, 0.25) is 0 Å². The molecule has 0 bridgehead atoms. The second kappa shape index (κ2) is 9.25. The zero-order valence-electron chi connectivity index (χ0n) is 12.9. The molecule has 1 nitrogen and oxygen atoms in total. The Morgan fingerprint density at radius 2 is 2.00 bits per heavy atom. The molecule has 0 heterocycles. The van der Waals surface area contributed by atoms with Crippen molar-refractivity contribution in [2.45, 2.75) is 77.5 Å². The number of nitrogens with one attached hydrogen (secondary N) is 1. The van der Waals surface area contributed by atoms with Gasteiger partial charge < -0.3 is 5.32 Å². The van der Waals surface area contributed by atoms with E-state index in [-0.39, 0.29) is 0 Å². The molecule has 0 aromatic heterocycles. The first-order valence-electron chi connectivity index (χ1n) is 8.02. The monoisotopic (exact) mass is 271 g/mol. The molecule has 0 saturated heterocycles. The molecule has 1 fully saturated rings. The van der Waals surface area contributed by atoms with Crippen molar-refractivity contribution < 1.29 is 0 Å². The fraction of sp³-hybridized carbons (Fsp3) is 1.00. The van der Waals surface area contributed by atoms with Gasteiger partial charge in [0, 0.05) is 11.3 Å². The standard InChI is InChI=1S/C16H33NS/c1-5-7-14-8-9-15(17-6-2)16(12-14)18-11-10-13(3)4/h13-17H,5-12H2,1-4H3. The summed E-state index contributed by atoms with van der Waals surface area (Å²) in [4.78, 5) is 0. The zero-order chi connectivity index (χ0) is 13.4. The molecule has 1 aliphatic carbocycles. The van der Waals surface area contributed by atoms with Gasteiger partial charge in [0.15, 0.2) is 0 Å². The van der Waals surface area contributed by atoms with Crippen LogP contribution in [0.4, 0.5) is 0 Å². The van der Waals surface area contributed by atoms with E-state index in [0.29, 0.717) is 0 Å². The van der Waals surface area contributed by atoms with Gasteiger partial charge >= 0.3 is 0 Å². The van der Waals surface area contributed by atoms with Crippen molar-refractivity contribution >= 4 is 11.8 Å². The highest BCUT2D eigenvalue weighted by atomic mass is 32.2. The van der Waals surface area contributed by atoms with Crippen molar-refractivity contribution in [3.63, 3.8) is 0 Å². The van der Waals surface area contributed by atoms with Gasteiger partial charge in [0.05, 0.1) is 0 Å². The Kier molecular flexibility index (Phi) is 8.41. The summed E-state index contributed by atoms with van der Waals surface area (Å²) in [7, 11) is 0. The third kappa shape index (κ3) is 5.97. The second-order valence-corrected chi connectivity index (χ2v) is 7.57. The van der Waals surface area contributed by atoms with Crippen molar-refractivity contribution in [3.05, 3.63) is 0 Å². The molecule has 3 unspecified atom stereocenters. The van der Waals surface area contributed by atoms with Crippen LogP contribution in [-0.2, 0) is 0 Å². The van der Waals surface area contributed by atoms with Crippen LogP contribution >= 0.6 is 11.8 Å². The van der Waals surface area contributed by atoms with Crippen LogP contribution in [0.3, 0.4) is 0 Å². The number of hydrogen-bond donors (Lipinski definition) is 1. The van der Waals surface area contributed by atoms with Crippen LogP contribution in [0.5, 0.6) is 0 Å². The molecular weight excluding hydrogens is 238 g/mol. The minimum atomic E-state index is 0.778. The van der Waals surface area contributed by atoms with E-state index in [0.717, 1.165) is 29.7 Å². The summed E-state index contributed by atoms with van der Waals surface area (Å²) in [5.41, 5.74) is 0. The summed E-state index contributed by atoms with van der Waals surface area (Å²) >= 11 is 2.24. The molecule has 0 aliphatic heterocycles. The largest absolute Gasteiger partial charge is 0.313 e. The van der Waals surface area contributed by atoms with E-state index in [9.17, 15) is 0 Å². The average molecular weight is 272 g/mol. The Morgan fingerprint density at radius 1 is 1.22 bits per heavy atom. The van der Waals surface area contributed by atoms with E-state index in [4.69, 9.17) is 0 Å². The van der Waals surface area contributed by atoms with Crippen molar-refractivity contribution in [1.82, 2.24) is 5.32 Å². The lowest BCUT2D eigenvalue weighted by atomic mass is 9.83. The van der Waals surface area contributed by atoms with Gasteiger partial charge in [-0.25, -0.2) is 0 Å². The molecule has 1 saturated carbocycles. The molecule has 2 heteroatoms. The molecule has 0 radical (unpaired) electrons. The fourth-order valence-corrected chi connectivity index (χ4v) is 4.80. The van der Waals surface area contributed by atoms with Gasteiger partial charge in [-0.2, -0.15) is 11.8 Å². The van der Waals surface area contributed by atoms with Crippen molar-refractivity contribution in [1.29, 1.82) is 0 Å². The highest BCUT2D eigenvalue weighted by molar-refractivity contribution is 7.99. The predicted octanol–water partition coefficient (Wildman–Crippen LogP) is 4.71. The third-order valence-corrected chi connectivity index (χ3v) is 5.51. The molecule has 1 N–H and O–H groups in total. The molecule has 0 amide bonds. The lowest BCUT2D eigenvalue weighted by Gasteiger charge is -2.36. The van der Waals surface area contributed by atoms with Crippen molar-refractivity contribution in [2.75, 3.05) is 12.3 Å². The number of rotatable bonds is 8. The van der Waals surface area contributed by atoms with E-state index in [1.165, 1.54) is 44.3 Å². The summed E-state index contributed by atoms with van der Waals surface area (Å²) in [5.74, 6) is 3.20. The van der Waals surface area contributed by atoms with Gasteiger partial charge in [0.25, 0.3) is 0 Å². The van der Waals surface area contributed by atoms with Crippen LogP contribution in [0.2, 0.25) is 0 Å². The third-order valence-electron chi connectivity index (χ3n) is 4.09. The zero-order valence-corrected chi connectivity index (χ0v) is 13.7. The van der Waals surface area contributed by atoms with Crippen LogP contribution in [0, 0.1) is 11.8 Å². The maximum atomic E-state index is 3.71. The number of thioether (sulfide) groups is 1. The Bertz CT molecular complexity index is 205. The van der Waals surface area contributed by atoms with Crippen molar-refractivity contribution in [2.24, 2.45) is 11.8 Å². The normalized spacial score (nSPS) is 28.8. The maximum absolute atomic E-state index is 3.71. The van der Waals surface area contributed by atoms with Crippen LogP contribution in [-0.4, -0.2) is 23.6 Å². The average Bonchev–Trinajstić information content (AvgIpc) is 2.32. The highest BCUT2D eigenvalue weighted by Gasteiger charge is 2.29. The molecule has 0 aromatic carbocycles. The lowest BCUT2D eigenvalue weighted by Crippen LogP contribution is -2.42. The van der Waals surface area contributed by atoms with E-state index in [1.54, 1.807) is 0 Å². The Labute approximate surface area is 119 Å². The Morgan fingerprint density at radius 3 is 2.61 bits per heavy atom. The fourth-order valence-electron chi connectivity index (χ4n) is 3.02. The van der Waals surface area contributed by atoms with E-state index in [1.807, 2.05) is 0 Å². The van der Waals surface area contributed by atoms with Gasteiger partial charge in [-0.15, -0.1) is 0 Å². The van der Waals surface area contributed by atoms with Crippen LogP contribution < -0.4 is 5.32 Å². The lowest BCUT2D eigenvalue weighted by molar-refractivity contribution is 0.289. The highest BCUT2D eigenvalue weighted by Crippen LogP contribution is 2.35.